The molecule has 0 unspecified atom stereocenters. The first-order chi connectivity index (χ1) is 9.56. The van der Waals surface area contributed by atoms with Crippen LogP contribution in [0.15, 0.2) is 46.9 Å². The number of esters is 1. The lowest BCUT2D eigenvalue weighted by molar-refractivity contribution is -0.142. The first-order valence-electron chi connectivity index (χ1n) is 5.90. The van der Waals surface area contributed by atoms with E-state index in [9.17, 15) is 9.18 Å². The minimum absolute atomic E-state index is 0.0870. The Labute approximate surface area is 124 Å². The summed E-state index contributed by atoms with van der Waals surface area (Å²) in [5, 5.41) is 0. The Kier molecular flexibility index (Phi) is 4.74. The van der Waals surface area contributed by atoms with Crippen molar-refractivity contribution >= 4 is 21.9 Å². The third kappa shape index (κ3) is 3.81. The molecule has 0 fully saturated rings. The monoisotopic (exact) mass is 338 g/mol. The Hall–Kier alpha value is -1.88. The second-order valence-corrected chi connectivity index (χ2v) is 4.98. The topological polar surface area (TPSA) is 35.5 Å². The van der Waals surface area contributed by atoms with Gasteiger partial charge in [-0.05, 0) is 24.3 Å². The van der Waals surface area contributed by atoms with Crippen molar-refractivity contribution in [2.24, 2.45) is 0 Å². The van der Waals surface area contributed by atoms with E-state index in [1.54, 1.807) is 30.3 Å². The minimum Gasteiger partial charge on any atom is -0.461 e. The van der Waals surface area contributed by atoms with E-state index < -0.39 is 5.82 Å². The zero-order chi connectivity index (χ0) is 14.5. The third-order valence-corrected chi connectivity index (χ3v) is 3.01. The van der Waals surface area contributed by atoms with Gasteiger partial charge in [-0.3, -0.25) is 4.79 Å². The van der Waals surface area contributed by atoms with E-state index in [-0.39, 0.29) is 18.3 Å². The van der Waals surface area contributed by atoms with E-state index in [1.807, 2.05) is 0 Å². The molecule has 5 heteroatoms. The predicted octanol–water partition coefficient (Wildman–Crippen LogP) is 4.44. The van der Waals surface area contributed by atoms with Crippen LogP contribution in [0, 0.1) is 5.82 Å². The molecule has 104 valence electrons. The smallest absolute Gasteiger partial charge is 0.302 e. The number of rotatable bonds is 4. The van der Waals surface area contributed by atoms with Gasteiger partial charge in [0, 0.05) is 17.0 Å². The van der Waals surface area contributed by atoms with Crippen molar-refractivity contribution in [3.8, 4) is 11.5 Å². The summed E-state index contributed by atoms with van der Waals surface area (Å²) in [6.07, 6.45) is 0. The molecule has 0 amide bonds. The number of benzene rings is 2. The number of ether oxygens (including phenoxy) is 2. The van der Waals surface area contributed by atoms with Crippen molar-refractivity contribution in [1.29, 1.82) is 0 Å². The molecule has 0 aromatic heterocycles. The maximum absolute atomic E-state index is 13.7. The second kappa shape index (κ2) is 6.52. The van der Waals surface area contributed by atoms with Gasteiger partial charge >= 0.3 is 5.97 Å². The van der Waals surface area contributed by atoms with Crippen LogP contribution in [0.3, 0.4) is 0 Å². The number of hydrogen-bond donors (Lipinski definition) is 0. The fraction of sp³-hybridized carbons (Fsp3) is 0.133. The Balaban J connectivity index is 2.22. The molecule has 2 aromatic rings. The highest BCUT2D eigenvalue weighted by molar-refractivity contribution is 9.10. The highest BCUT2D eigenvalue weighted by atomic mass is 79.9. The molecule has 3 nitrogen and oxygen atoms in total. The lowest BCUT2D eigenvalue weighted by Gasteiger charge is -2.11. The van der Waals surface area contributed by atoms with Crippen LogP contribution >= 0.6 is 15.9 Å². The third-order valence-electron chi connectivity index (χ3n) is 2.52. The summed E-state index contributed by atoms with van der Waals surface area (Å²) in [5.41, 5.74) is 0.671. The summed E-state index contributed by atoms with van der Waals surface area (Å²) in [7, 11) is 0. The van der Waals surface area contributed by atoms with Crippen LogP contribution < -0.4 is 4.74 Å². The van der Waals surface area contributed by atoms with Gasteiger partial charge in [-0.25, -0.2) is 4.39 Å². The Morgan fingerprint density at radius 3 is 2.65 bits per heavy atom. The van der Waals surface area contributed by atoms with Gasteiger partial charge in [0.15, 0.2) is 11.6 Å². The molecule has 0 spiro atoms. The molecule has 0 aliphatic carbocycles. The first kappa shape index (κ1) is 14.5. The van der Waals surface area contributed by atoms with Crippen LogP contribution in [-0.2, 0) is 16.1 Å². The van der Waals surface area contributed by atoms with Crippen LogP contribution in [0.5, 0.6) is 11.5 Å². The molecule has 2 rings (SSSR count). The van der Waals surface area contributed by atoms with E-state index in [0.29, 0.717) is 15.8 Å². The van der Waals surface area contributed by atoms with Gasteiger partial charge < -0.3 is 9.47 Å². The molecule has 0 atom stereocenters. The molecular formula is C15H12BrFO3. The van der Waals surface area contributed by atoms with Crippen LogP contribution in [0.25, 0.3) is 0 Å². The normalized spacial score (nSPS) is 10.2. The fourth-order valence-corrected chi connectivity index (χ4v) is 1.91. The highest BCUT2D eigenvalue weighted by Gasteiger charge is 2.09. The Bertz CT molecular complexity index is 628. The molecule has 0 saturated carbocycles. The molecule has 0 bridgehead atoms. The Morgan fingerprint density at radius 2 is 1.95 bits per heavy atom. The molecular weight excluding hydrogens is 327 g/mol. The van der Waals surface area contributed by atoms with Gasteiger partial charge in [-0.15, -0.1) is 0 Å². The van der Waals surface area contributed by atoms with E-state index in [1.165, 1.54) is 19.1 Å². The molecule has 0 saturated heterocycles. The molecule has 0 N–H and O–H groups in total. The number of para-hydroxylation sites is 1. The van der Waals surface area contributed by atoms with Crippen molar-refractivity contribution in [2.45, 2.75) is 13.5 Å². The minimum atomic E-state index is -0.471. The van der Waals surface area contributed by atoms with Gasteiger partial charge in [0.2, 0.25) is 0 Å². The summed E-state index contributed by atoms with van der Waals surface area (Å²) in [6, 6.07) is 11.6. The van der Waals surface area contributed by atoms with Crippen LogP contribution in [-0.4, -0.2) is 5.97 Å². The first-order valence-corrected chi connectivity index (χ1v) is 6.70. The molecule has 0 aliphatic heterocycles. The summed E-state index contributed by atoms with van der Waals surface area (Å²) < 4.78 is 24.9. The van der Waals surface area contributed by atoms with Gasteiger partial charge in [0.1, 0.15) is 12.4 Å². The van der Waals surface area contributed by atoms with Crippen molar-refractivity contribution in [2.75, 3.05) is 0 Å². The van der Waals surface area contributed by atoms with Crippen LogP contribution in [0.1, 0.15) is 12.5 Å². The maximum Gasteiger partial charge on any atom is 0.302 e. The molecule has 0 heterocycles. The maximum atomic E-state index is 13.7. The number of carbonyl (C=O) groups is 1. The van der Waals surface area contributed by atoms with E-state index >= 15 is 0 Å². The lowest BCUT2D eigenvalue weighted by atomic mass is 10.2. The quantitative estimate of drug-likeness (QED) is 0.773. The lowest BCUT2D eigenvalue weighted by Crippen LogP contribution is -2.00. The summed E-state index contributed by atoms with van der Waals surface area (Å²) >= 11 is 3.18. The van der Waals surface area contributed by atoms with Gasteiger partial charge in [0.25, 0.3) is 0 Å². The van der Waals surface area contributed by atoms with Crippen molar-refractivity contribution in [3.63, 3.8) is 0 Å². The SMILES string of the molecule is CC(=O)OCc1ccccc1Oc1ccc(Br)cc1F. The Morgan fingerprint density at radius 1 is 1.20 bits per heavy atom. The average Bonchev–Trinajstić information content (AvgIpc) is 2.41. The largest absolute Gasteiger partial charge is 0.461 e. The molecule has 0 radical (unpaired) electrons. The molecule has 2 aromatic carbocycles. The summed E-state index contributed by atoms with van der Waals surface area (Å²) in [5.74, 6) is -0.283. The van der Waals surface area contributed by atoms with Crippen molar-refractivity contribution in [1.82, 2.24) is 0 Å². The number of halogens is 2. The standard InChI is InChI=1S/C15H12BrFO3/c1-10(18)19-9-11-4-2-3-5-14(11)20-15-7-6-12(16)8-13(15)17/h2-8H,9H2,1H3. The summed E-state index contributed by atoms with van der Waals surface area (Å²) in [4.78, 5) is 10.9. The van der Waals surface area contributed by atoms with E-state index in [2.05, 4.69) is 15.9 Å². The van der Waals surface area contributed by atoms with Crippen molar-refractivity contribution < 1.29 is 18.7 Å². The summed E-state index contributed by atoms with van der Waals surface area (Å²) in [6.45, 7) is 1.42. The van der Waals surface area contributed by atoms with E-state index in [0.717, 1.165) is 0 Å². The number of carbonyl (C=O) groups excluding carboxylic acids is 1. The average molecular weight is 339 g/mol. The predicted molar refractivity (Wildman–Crippen MR) is 76.1 cm³/mol. The number of hydrogen-bond acceptors (Lipinski definition) is 3. The zero-order valence-electron chi connectivity index (χ0n) is 10.7. The van der Waals surface area contributed by atoms with Crippen LogP contribution in [0.2, 0.25) is 0 Å². The van der Waals surface area contributed by atoms with Crippen molar-refractivity contribution in [3.05, 3.63) is 58.3 Å². The second-order valence-electron chi connectivity index (χ2n) is 4.06. The molecule has 0 aliphatic rings. The molecule has 20 heavy (non-hydrogen) atoms. The van der Waals surface area contributed by atoms with Gasteiger partial charge in [-0.2, -0.15) is 0 Å². The van der Waals surface area contributed by atoms with Gasteiger partial charge in [-0.1, -0.05) is 34.1 Å². The van der Waals surface area contributed by atoms with Gasteiger partial charge in [0.05, 0.1) is 0 Å². The zero-order valence-corrected chi connectivity index (χ0v) is 12.3. The van der Waals surface area contributed by atoms with Crippen LogP contribution in [0.4, 0.5) is 4.39 Å². The van der Waals surface area contributed by atoms with E-state index in [4.69, 9.17) is 9.47 Å². The fourth-order valence-electron chi connectivity index (χ4n) is 1.58. The highest BCUT2D eigenvalue weighted by Crippen LogP contribution is 2.29.